The first kappa shape index (κ1) is 17.8. The minimum Gasteiger partial charge on any atom is -0.453 e. The van der Waals surface area contributed by atoms with Crippen molar-refractivity contribution in [1.29, 1.82) is 0 Å². The van der Waals surface area contributed by atoms with Gasteiger partial charge in [-0.15, -0.1) is 0 Å². The van der Waals surface area contributed by atoms with Gasteiger partial charge in [-0.2, -0.15) is 0 Å². The Labute approximate surface area is 162 Å². The molecule has 2 heterocycles. The smallest absolute Gasteiger partial charge is 0.339 e. The van der Waals surface area contributed by atoms with Crippen LogP contribution in [-0.4, -0.2) is 38.2 Å². The Kier molecular flexibility index (Phi) is 5.01. The Morgan fingerprint density at radius 1 is 1.19 bits per heavy atom. The highest BCUT2D eigenvalue weighted by atomic mass is 35.5. The number of carbonyl (C=O) groups excluding carboxylic acids is 2. The van der Waals surface area contributed by atoms with Crippen LogP contribution in [0.3, 0.4) is 0 Å². The first-order chi connectivity index (χ1) is 13.1. The summed E-state index contributed by atoms with van der Waals surface area (Å²) >= 11 is 6.13. The maximum absolute atomic E-state index is 12.6. The zero-order chi connectivity index (χ0) is 18.8. The van der Waals surface area contributed by atoms with E-state index in [2.05, 4.69) is 10.2 Å². The van der Waals surface area contributed by atoms with E-state index in [0.29, 0.717) is 29.5 Å². The van der Waals surface area contributed by atoms with Crippen LogP contribution in [0.25, 0.3) is 0 Å². The predicted molar refractivity (Wildman–Crippen MR) is 102 cm³/mol. The average Bonchev–Trinajstić information content (AvgIpc) is 2.98. The van der Waals surface area contributed by atoms with Gasteiger partial charge in [-0.25, -0.2) is 4.79 Å². The molecule has 1 amide bonds. The molecule has 0 saturated carbocycles. The molecule has 1 fully saturated rings. The van der Waals surface area contributed by atoms with Crippen LogP contribution in [0.15, 0.2) is 42.5 Å². The molecular formula is C20H19ClN2O4. The van der Waals surface area contributed by atoms with E-state index in [4.69, 9.17) is 21.1 Å². The third-order valence-corrected chi connectivity index (χ3v) is 4.97. The van der Waals surface area contributed by atoms with Crippen molar-refractivity contribution in [3.05, 3.63) is 58.6 Å². The van der Waals surface area contributed by atoms with Crippen LogP contribution in [0.4, 0.5) is 11.4 Å². The van der Waals surface area contributed by atoms with E-state index in [1.807, 2.05) is 18.2 Å². The van der Waals surface area contributed by atoms with Crippen molar-refractivity contribution in [2.24, 2.45) is 0 Å². The molecule has 6 nitrogen and oxygen atoms in total. The molecule has 4 rings (SSSR count). The number of halogens is 1. The summed E-state index contributed by atoms with van der Waals surface area (Å²) in [5.41, 5.74) is 2.82. The number of cyclic esters (lactones) is 1. The number of rotatable bonds is 4. The van der Waals surface area contributed by atoms with Crippen molar-refractivity contribution in [2.45, 2.75) is 12.5 Å². The molecule has 2 aliphatic rings. The van der Waals surface area contributed by atoms with Crippen molar-refractivity contribution in [1.82, 2.24) is 0 Å². The molecule has 7 heteroatoms. The number of morpholine rings is 1. The fraction of sp³-hybridized carbons (Fsp3) is 0.300. The minimum atomic E-state index is -0.570. The van der Waals surface area contributed by atoms with Crippen LogP contribution >= 0.6 is 11.6 Å². The second kappa shape index (κ2) is 7.58. The quantitative estimate of drug-likeness (QED) is 0.815. The number of anilines is 2. The summed E-state index contributed by atoms with van der Waals surface area (Å²) in [5, 5.41) is 3.47. The van der Waals surface area contributed by atoms with Gasteiger partial charge < -0.3 is 19.7 Å². The highest BCUT2D eigenvalue weighted by molar-refractivity contribution is 6.31. The van der Waals surface area contributed by atoms with Crippen molar-refractivity contribution in [3.8, 4) is 0 Å². The lowest BCUT2D eigenvalue weighted by atomic mass is 10.0. The molecule has 0 spiro atoms. The molecule has 140 valence electrons. The number of fused-ring (bicyclic) bond motifs is 1. The fourth-order valence-electron chi connectivity index (χ4n) is 3.43. The molecule has 27 heavy (non-hydrogen) atoms. The summed E-state index contributed by atoms with van der Waals surface area (Å²) in [4.78, 5) is 26.7. The van der Waals surface area contributed by atoms with Gasteiger partial charge in [0, 0.05) is 23.7 Å². The number of ether oxygens (including phenoxy) is 2. The molecule has 0 aliphatic carbocycles. The molecule has 1 atom stereocenters. The SMILES string of the molecule is O=C(C[C@H]1OC(=O)c2ccccc21)Nc1cc(Cl)ccc1N1CCOCC1. The van der Waals surface area contributed by atoms with Gasteiger partial charge in [0.25, 0.3) is 0 Å². The molecule has 0 aromatic heterocycles. The van der Waals surface area contributed by atoms with E-state index in [1.165, 1.54) is 0 Å². The largest absolute Gasteiger partial charge is 0.453 e. The second-order valence-corrected chi connectivity index (χ2v) is 6.93. The van der Waals surface area contributed by atoms with Crippen LogP contribution in [0, 0.1) is 0 Å². The highest BCUT2D eigenvalue weighted by Gasteiger charge is 2.32. The Morgan fingerprint density at radius 3 is 2.78 bits per heavy atom. The number of hydrogen-bond acceptors (Lipinski definition) is 5. The van der Waals surface area contributed by atoms with E-state index in [-0.39, 0.29) is 18.3 Å². The zero-order valence-corrected chi connectivity index (χ0v) is 15.4. The van der Waals surface area contributed by atoms with Crippen LogP contribution in [0.1, 0.15) is 28.4 Å². The number of carbonyl (C=O) groups is 2. The molecule has 0 bridgehead atoms. The first-order valence-corrected chi connectivity index (χ1v) is 9.21. The molecular weight excluding hydrogens is 368 g/mol. The van der Waals surface area contributed by atoms with Gasteiger partial charge in [0.15, 0.2) is 0 Å². The number of esters is 1. The lowest BCUT2D eigenvalue weighted by Gasteiger charge is -2.30. The summed E-state index contributed by atoms with van der Waals surface area (Å²) in [6.07, 6.45) is -0.516. The van der Waals surface area contributed by atoms with E-state index >= 15 is 0 Å². The van der Waals surface area contributed by atoms with Crippen LogP contribution in [-0.2, 0) is 14.3 Å². The molecule has 1 N–H and O–H groups in total. The highest BCUT2D eigenvalue weighted by Crippen LogP contribution is 2.34. The molecule has 2 aromatic rings. The maximum Gasteiger partial charge on any atom is 0.339 e. The molecule has 2 aliphatic heterocycles. The third-order valence-electron chi connectivity index (χ3n) is 4.73. The fourth-order valence-corrected chi connectivity index (χ4v) is 3.60. The van der Waals surface area contributed by atoms with Crippen molar-refractivity contribution >= 4 is 34.9 Å². The van der Waals surface area contributed by atoms with Gasteiger partial charge in [-0.1, -0.05) is 29.8 Å². The standard InChI is InChI=1S/C20H19ClN2O4/c21-13-5-6-17(23-7-9-26-10-8-23)16(11-13)22-19(24)12-18-14-3-1-2-4-15(14)20(25)27-18/h1-6,11,18H,7-10,12H2,(H,22,24)/t18-/m1/s1. The summed E-state index contributed by atoms with van der Waals surface area (Å²) in [5.74, 6) is -0.624. The van der Waals surface area contributed by atoms with E-state index in [1.54, 1.807) is 24.3 Å². The van der Waals surface area contributed by atoms with Gasteiger partial charge in [0.05, 0.1) is 36.6 Å². The number of hydrogen-bond donors (Lipinski definition) is 1. The van der Waals surface area contributed by atoms with Crippen LogP contribution in [0.2, 0.25) is 5.02 Å². The van der Waals surface area contributed by atoms with Gasteiger partial charge >= 0.3 is 5.97 Å². The Morgan fingerprint density at radius 2 is 1.96 bits per heavy atom. The minimum absolute atomic E-state index is 0.0534. The molecule has 2 aromatic carbocycles. The Hall–Kier alpha value is -2.57. The van der Waals surface area contributed by atoms with Crippen LogP contribution < -0.4 is 10.2 Å². The number of benzene rings is 2. The first-order valence-electron chi connectivity index (χ1n) is 8.84. The van der Waals surface area contributed by atoms with Gasteiger partial charge in [-0.05, 0) is 24.3 Å². The monoisotopic (exact) mass is 386 g/mol. The number of nitrogens with zero attached hydrogens (tertiary/aromatic N) is 1. The predicted octanol–water partition coefficient (Wildman–Crippen LogP) is 3.42. The molecule has 1 saturated heterocycles. The third kappa shape index (κ3) is 3.77. The van der Waals surface area contributed by atoms with E-state index in [9.17, 15) is 9.59 Å². The normalized spacial score (nSPS) is 18.8. The average molecular weight is 387 g/mol. The van der Waals surface area contributed by atoms with E-state index < -0.39 is 6.10 Å². The Balaban J connectivity index is 1.50. The second-order valence-electron chi connectivity index (χ2n) is 6.49. The topological polar surface area (TPSA) is 67.9 Å². The number of amides is 1. The number of nitrogens with one attached hydrogen (secondary N) is 1. The van der Waals surface area contributed by atoms with Crippen molar-refractivity contribution in [3.63, 3.8) is 0 Å². The molecule has 0 radical (unpaired) electrons. The Bertz CT molecular complexity index is 880. The van der Waals surface area contributed by atoms with Crippen LogP contribution in [0.5, 0.6) is 0 Å². The van der Waals surface area contributed by atoms with Gasteiger partial charge in [0.2, 0.25) is 5.91 Å². The summed E-state index contributed by atoms with van der Waals surface area (Å²) < 4.78 is 10.8. The van der Waals surface area contributed by atoms with E-state index in [0.717, 1.165) is 24.3 Å². The van der Waals surface area contributed by atoms with Gasteiger partial charge in [0.1, 0.15) is 6.10 Å². The zero-order valence-electron chi connectivity index (χ0n) is 14.6. The van der Waals surface area contributed by atoms with Crippen molar-refractivity contribution < 1.29 is 19.1 Å². The van der Waals surface area contributed by atoms with Crippen molar-refractivity contribution in [2.75, 3.05) is 36.5 Å². The lowest BCUT2D eigenvalue weighted by Crippen LogP contribution is -2.36. The van der Waals surface area contributed by atoms with Gasteiger partial charge in [-0.3, -0.25) is 4.79 Å². The molecule has 0 unspecified atom stereocenters. The summed E-state index contributed by atoms with van der Waals surface area (Å²) in [6, 6.07) is 12.6. The summed E-state index contributed by atoms with van der Waals surface area (Å²) in [6.45, 7) is 2.78. The lowest BCUT2D eigenvalue weighted by molar-refractivity contribution is -0.118. The summed E-state index contributed by atoms with van der Waals surface area (Å²) in [7, 11) is 0. The maximum atomic E-state index is 12.6.